The molecule has 2 rings (SSSR count). The summed E-state index contributed by atoms with van der Waals surface area (Å²) in [6, 6.07) is 10.5. The second-order valence-corrected chi connectivity index (χ2v) is 6.88. The van der Waals surface area contributed by atoms with E-state index in [9.17, 15) is 0 Å². The summed E-state index contributed by atoms with van der Waals surface area (Å²) in [5.74, 6) is 3.44. The molecule has 0 amide bonds. The van der Waals surface area contributed by atoms with Gasteiger partial charge in [-0.05, 0) is 25.1 Å². The van der Waals surface area contributed by atoms with Crippen LogP contribution >= 0.6 is 23.5 Å². The number of hydrogen-bond acceptors (Lipinski definition) is 3. The van der Waals surface area contributed by atoms with E-state index in [1.165, 1.54) is 29.5 Å². The summed E-state index contributed by atoms with van der Waals surface area (Å²) in [5.41, 5.74) is 8.09. The van der Waals surface area contributed by atoms with E-state index in [0.29, 0.717) is 0 Å². The quantitative estimate of drug-likeness (QED) is 0.750. The molecule has 1 fully saturated rings. The van der Waals surface area contributed by atoms with Gasteiger partial charge >= 0.3 is 0 Å². The van der Waals surface area contributed by atoms with E-state index in [0.717, 1.165) is 18.7 Å². The van der Waals surface area contributed by atoms with Crippen molar-refractivity contribution in [3.8, 4) is 0 Å². The fourth-order valence-electron chi connectivity index (χ4n) is 1.96. The van der Waals surface area contributed by atoms with Crippen molar-refractivity contribution in [1.29, 1.82) is 0 Å². The van der Waals surface area contributed by atoms with Gasteiger partial charge < -0.3 is 4.90 Å². The molecule has 1 atom stereocenters. The van der Waals surface area contributed by atoms with E-state index in [1.54, 1.807) is 11.8 Å². The summed E-state index contributed by atoms with van der Waals surface area (Å²) < 4.78 is 0. The van der Waals surface area contributed by atoms with Crippen molar-refractivity contribution < 1.29 is 0 Å². The standard InChI is InChI=1S/C14H21N2S2/c15-13(6-7-16-8-10-17-11-9-16)12-18-14-4-2-1-3-5-14/h1-5,13,15H,6-12H2/t13-/m1/s1. The Morgan fingerprint density at radius 2 is 1.94 bits per heavy atom. The summed E-state index contributed by atoms with van der Waals surface area (Å²) in [6.45, 7) is 3.52. The van der Waals surface area contributed by atoms with Crippen molar-refractivity contribution in [2.24, 2.45) is 0 Å². The lowest BCUT2D eigenvalue weighted by Gasteiger charge is -2.26. The van der Waals surface area contributed by atoms with Crippen molar-refractivity contribution in [1.82, 2.24) is 10.6 Å². The fourth-order valence-corrected chi connectivity index (χ4v) is 3.85. The highest BCUT2D eigenvalue weighted by molar-refractivity contribution is 7.99. The Hall–Kier alpha value is -0.160. The van der Waals surface area contributed by atoms with Crippen molar-refractivity contribution >= 4 is 23.5 Å². The summed E-state index contributed by atoms with van der Waals surface area (Å²) in [5, 5.41) is 0. The van der Waals surface area contributed by atoms with Gasteiger partial charge in [-0.1, -0.05) is 18.2 Å². The van der Waals surface area contributed by atoms with Crippen molar-refractivity contribution in [2.75, 3.05) is 36.9 Å². The molecule has 1 aliphatic heterocycles. The lowest BCUT2D eigenvalue weighted by molar-refractivity contribution is 0.291. The predicted octanol–water partition coefficient (Wildman–Crippen LogP) is 2.87. The highest BCUT2D eigenvalue weighted by atomic mass is 32.2. The van der Waals surface area contributed by atoms with Crippen LogP contribution in [0.25, 0.3) is 0 Å². The third-order valence-electron chi connectivity index (χ3n) is 3.09. The van der Waals surface area contributed by atoms with Gasteiger partial charge in [0.15, 0.2) is 0 Å². The van der Waals surface area contributed by atoms with Crippen LogP contribution in [0.2, 0.25) is 0 Å². The first-order valence-electron chi connectivity index (χ1n) is 6.53. The lowest BCUT2D eigenvalue weighted by Crippen LogP contribution is -2.35. The second-order valence-electron chi connectivity index (χ2n) is 4.56. The van der Waals surface area contributed by atoms with E-state index >= 15 is 0 Å². The molecule has 1 N–H and O–H groups in total. The SMILES string of the molecule is [NH][C@H](CCN1CCSCC1)CSc1ccccc1. The monoisotopic (exact) mass is 281 g/mol. The minimum atomic E-state index is 0.0600. The molecule has 0 saturated carbocycles. The molecule has 18 heavy (non-hydrogen) atoms. The van der Waals surface area contributed by atoms with E-state index in [4.69, 9.17) is 5.73 Å². The molecule has 1 aliphatic rings. The van der Waals surface area contributed by atoms with Crippen LogP contribution in [0.5, 0.6) is 0 Å². The van der Waals surface area contributed by atoms with Gasteiger partial charge in [0.1, 0.15) is 0 Å². The minimum Gasteiger partial charge on any atom is -0.302 e. The van der Waals surface area contributed by atoms with E-state index in [2.05, 4.69) is 29.2 Å². The molecule has 0 aromatic heterocycles. The van der Waals surface area contributed by atoms with Gasteiger partial charge in [-0.2, -0.15) is 11.8 Å². The maximum absolute atomic E-state index is 8.09. The third kappa shape index (κ3) is 5.22. The van der Waals surface area contributed by atoms with Gasteiger partial charge in [-0.25, -0.2) is 0 Å². The molecule has 2 nitrogen and oxygen atoms in total. The van der Waals surface area contributed by atoms with Crippen molar-refractivity contribution in [3.63, 3.8) is 0 Å². The zero-order chi connectivity index (χ0) is 12.6. The summed E-state index contributed by atoms with van der Waals surface area (Å²) in [6.07, 6.45) is 1.00. The van der Waals surface area contributed by atoms with Gasteiger partial charge in [-0.3, -0.25) is 5.73 Å². The maximum atomic E-state index is 8.09. The molecule has 1 aromatic carbocycles. The summed E-state index contributed by atoms with van der Waals surface area (Å²) in [7, 11) is 0. The smallest absolute Gasteiger partial charge is 0.0319 e. The van der Waals surface area contributed by atoms with Gasteiger partial charge in [0, 0.05) is 41.3 Å². The van der Waals surface area contributed by atoms with Crippen molar-refractivity contribution in [3.05, 3.63) is 30.3 Å². The molecule has 0 unspecified atom stereocenters. The highest BCUT2D eigenvalue weighted by Gasteiger charge is 2.12. The first-order chi connectivity index (χ1) is 8.84. The number of rotatable bonds is 6. The number of nitrogens with one attached hydrogen (secondary N) is 1. The molecular formula is C14H21N2S2. The van der Waals surface area contributed by atoms with Gasteiger partial charge in [0.05, 0.1) is 0 Å². The molecule has 1 radical (unpaired) electrons. The molecule has 0 aliphatic carbocycles. The fraction of sp³-hybridized carbons (Fsp3) is 0.571. The Morgan fingerprint density at radius 3 is 2.67 bits per heavy atom. The van der Waals surface area contributed by atoms with Crippen LogP contribution in [-0.2, 0) is 0 Å². The molecule has 0 bridgehead atoms. The number of nitrogens with zero attached hydrogens (tertiary/aromatic N) is 1. The van der Waals surface area contributed by atoms with E-state index in [-0.39, 0.29) is 6.04 Å². The van der Waals surface area contributed by atoms with E-state index < -0.39 is 0 Å². The minimum absolute atomic E-state index is 0.0600. The summed E-state index contributed by atoms with van der Waals surface area (Å²) >= 11 is 3.85. The topological polar surface area (TPSA) is 27.0 Å². The molecule has 4 heteroatoms. The average molecular weight is 281 g/mol. The van der Waals surface area contributed by atoms with Gasteiger partial charge in [-0.15, -0.1) is 11.8 Å². The lowest BCUT2D eigenvalue weighted by atomic mass is 10.2. The highest BCUT2D eigenvalue weighted by Crippen LogP contribution is 2.19. The number of thioether (sulfide) groups is 2. The zero-order valence-corrected chi connectivity index (χ0v) is 12.3. The Balaban J connectivity index is 1.61. The predicted molar refractivity (Wildman–Crippen MR) is 82.4 cm³/mol. The Bertz CT molecular complexity index is 326. The Morgan fingerprint density at radius 1 is 1.22 bits per heavy atom. The van der Waals surface area contributed by atoms with Crippen LogP contribution in [0.3, 0.4) is 0 Å². The van der Waals surface area contributed by atoms with Crippen LogP contribution < -0.4 is 5.73 Å². The molecule has 99 valence electrons. The Labute approximate surface area is 119 Å². The molecule has 1 heterocycles. The number of hydrogen-bond donors (Lipinski definition) is 0. The maximum Gasteiger partial charge on any atom is 0.0319 e. The zero-order valence-electron chi connectivity index (χ0n) is 10.7. The van der Waals surface area contributed by atoms with Gasteiger partial charge in [0.2, 0.25) is 0 Å². The first-order valence-corrected chi connectivity index (χ1v) is 8.67. The van der Waals surface area contributed by atoms with Crippen LogP contribution in [0.1, 0.15) is 6.42 Å². The number of benzene rings is 1. The Kier molecular flexibility index (Phi) is 6.41. The van der Waals surface area contributed by atoms with E-state index in [1.807, 2.05) is 17.8 Å². The van der Waals surface area contributed by atoms with Crippen LogP contribution in [-0.4, -0.2) is 47.8 Å². The molecule has 0 spiro atoms. The van der Waals surface area contributed by atoms with Crippen LogP contribution in [0.15, 0.2) is 35.2 Å². The second kappa shape index (κ2) is 8.10. The largest absolute Gasteiger partial charge is 0.302 e. The summed E-state index contributed by atoms with van der Waals surface area (Å²) in [4.78, 5) is 3.79. The molecular weight excluding hydrogens is 260 g/mol. The van der Waals surface area contributed by atoms with Crippen LogP contribution in [0, 0.1) is 0 Å². The van der Waals surface area contributed by atoms with Crippen LogP contribution in [0.4, 0.5) is 0 Å². The third-order valence-corrected chi connectivity index (χ3v) is 5.21. The molecule has 1 saturated heterocycles. The van der Waals surface area contributed by atoms with Gasteiger partial charge in [0.25, 0.3) is 0 Å². The molecule has 1 aromatic rings. The first kappa shape index (κ1) is 14.3. The average Bonchev–Trinajstić information content (AvgIpc) is 2.45. The normalized spacial score (nSPS) is 18.7. The van der Waals surface area contributed by atoms with Crippen molar-refractivity contribution in [2.45, 2.75) is 17.4 Å².